The van der Waals surface area contributed by atoms with Gasteiger partial charge in [0.1, 0.15) is 34.6 Å². The van der Waals surface area contributed by atoms with Gasteiger partial charge in [-0.3, -0.25) is 20.0 Å². The number of rotatable bonds is 10. The molecule has 268 valence electrons. The zero-order chi connectivity index (χ0) is 36.3. The lowest BCUT2D eigenvalue weighted by Crippen LogP contribution is -2.41. The Kier molecular flexibility index (Phi) is 10.2. The quantitative estimate of drug-likeness (QED) is 0.132. The van der Waals surface area contributed by atoms with Crippen molar-refractivity contribution in [3.63, 3.8) is 0 Å². The van der Waals surface area contributed by atoms with Gasteiger partial charge in [0.15, 0.2) is 11.6 Å². The highest BCUT2D eigenvalue weighted by Crippen LogP contribution is 2.36. The van der Waals surface area contributed by atoms with Crippen LogP contribution in [-0.4, -0.2) is 83.4 Å². The van der Waals surface area contributed by atoms with Gasteiger partial charge in [-0.2, -0.15) is 0 Å². The third-order valence-corrected chi connectivity index (χ3v) is 8.42. The molecule has 0 saturated carbocycles. The van der Waals surface area contributed by atoms with E-state index in [-0.39, 0.29) is 28.5 Å². The van der Waals surface area contributed by atoms with Gasteiger partial charge in [0.2, 0.25) is 0 Å². The number of pyridine rings is 1. The topological polar surface area (TPSA) is 169 Å². The van der Waals surface area contributed by atoms with Crippen molar-refractivity contribution in [2.75, 3.05) is 57.1 Å². The van der Waals surface area contributed by atoms with Crippen LogP contribution in [-0.2, 0) is 10.2 Å². The van der Waals surface area contributed by atoms with E-state index < -0.39 is 11.8 Å². The van der Waals surface area contributed by atoms with E-state index in [2.05, 4.69) is 36.0 Å². The molecule has 1 saturated heterocycles. The molecule has 1 aliphatic heterocycles. The van der Waals surface area contributed by atoms with Crippen molar-refractivity contribution < 1.29 is 32.7 Å². The van der Waals surface area contributed by atoms with Crippen molar-refractivity contribution in [1.29, 1.82) is 0 Å². The number of H-pyrrole nitrogens is 1. The summed E-state index contributed by atoms with van der Waals surface area (Å²) in [5.74, 6) is 1.05. The van der Waals surface area contributed by atoms with Gasteiger partial charge >= 0.3 is 6.03 Å². The zero-order valence-electron chi connectivity index (χ0n) is 29.4. The minimum absolute atomic E-state index is 0.0927. The molecule has 4 heterocycles. The zero-order valence-corrected chi connectivity index (χ0v) is 29.4. The number of halogens is 1. The summed E-state index contributed by atoms with van der Waals surface area (Å²) < 4.78 is 37.7. The molecule has 14 nitrogen and oxygen atoms in total. The molecule has 6 rings (SSSR count). The maximum Gasteiger partial charge on any atom is 0.324 e. The summed E-state index contributed by atoms with van der Waals surface area (Å²) in [5.41, 5.74) is 2.41. The van der Waals surface area contributed by atoms with Crippen LogP contribution < -0.4 is 25.4 Å². The summed E-state index contributed by atoms with van der Waals surface area (Å²) in [6.45, 7) is 13.7. The molecule has 1 fully saturated rings. The SMILES string of the molecule is COc1cc2nccc(Oc3ccc(NC(=O)Nc4[nH]c(C(C)(C)C)nc4-c4c(C)noc4C)cc3F)c2cc1C(=O)NCCN1CCOCC1. The molecule has 1 aliphatic rings. The second-order valence-corrected chi connectivity index (χ2v) is 13.2. The second-order valence-electron chi connectivity index (χ2n) is 13.2. The van der Waals surface area contributed by atoms with Crippen LogP contribution in [0.5, 0.6) is 17.2 Å². The average molecular weight is 701 g/mol. The first-order valence-corrected chi connectivity index (χ1v) is 16.6. The lowest BCUT2D eigenvalue weighted by Gasteiger charge is -2.26. The van der Waals surface area contributed by atoms with Crippen LogP contribution in [0.25, 0.3) is 22.2 Å². The van der Waals surface area contributed by atoms with E-state index in [9.17, 15) is 9.59 Å². The molecule has 0 atom stereocenters. The minimum atomic E-state index is -0.722. The molecular weight excluding hydrogens is 659 g/mol. The second kappa shape index (κ2) is 14.7. The van der Waals surface area contributed by atoms with Gasteiger partial charge < -0.3 is 34.4 Å². The molecule has 0 aliphatic carbocycles. The number of aryl methyl sites for hydroxylation is 2. The van der Waals surface area contributed by atoms with E-state index in [1.54, 1.807) is 32.0 Å². The number of nitrogens with zero attached hydrogens (tertiary/aromatic N) is 4. The lowest BCUT2D eigenvalue weighted by atomic mass is 9.96. The number of hydrogen-bond acceptors (Lipinski definition) is 10. The van der Waals surface area contributed by atoms with Crippen molar-refractivity contribution >= 4 is 34.3 Å². The third kappa shape index (κ3) is 7.94. The molecule has 0 radical (unpaired) electrons. The fourth-order valence-electron chi connectivity index (χ4n) is 5.71. The van der Waals surface area contributed by atoms with Crippen LogP contribution in [0, 0.1) is 19.7 Å². The molecule has 3 amide bonds. The molecule has 0 bridgehead atoms. The highest BCUT2D eigenvalue weighted by atomic mass is 19.1. The monoisotopic (exact) mass is 700 g/mol. The van der Waals surface area contributed by atoms with Crippen molar-refractivity contribution in [2.24, 2.45) is 0 Å². The Labute approximate surface area is 294 Å². The lowest BCUT2D eigenvalue weighted by molar-refractivity contribution is 0.0383. The van der Waals surface area contributed by atoms with Crippen LogP contribution in [0.1, 0.15) is 48.4 Å². The highest BCUT2D eigenvalue weighted by Gasteiger charge is 2.26. The van der Waals surface area contributed by atoms with Crippen LogP contribution >= 0.6 is 0 Å². The molecule has 15 heteroatoms. The number of imidazole rings is 1. The first-order valence-electron chi connectivity index (χ1n) is 16.6. The van der Waals surface area contributed by atoms with Crippen molar-refractivity contribution in [3.8, 4) is 28.5 Å². The summed E-state index contributed by atoms with van der Waals surface area (Å²) >= 11 is 0. The number of nitrogens with one attached hydrogen (secondary N) is 4. The highest BCUT2D eigenvalue weighted by molar-refractivity contribution is 6.03. The Morgan fingerprint density at radius 1 is 1.04 bits per heavy atom. The van der Waals surface area contributed by atoms with Gasteiger partial charge in [0.05, 0.1) is 42.7 Å². The van der Waals surface area contributed by atoms with E-state index in [0.717, 1.165) is 19.2 Å². The summed E-state index contributed by atoms with van der Waals surface area (Å²) in [6.07, 6.45) is 1.52. The molecular formula is C36H41FN8O6. The number of carbonyl (C=O) groups excluding carboxylic acids is 2. The van der Waals surface area contributed by atoms with Gasteiger partial charge in [-0.25, -0.2) is 14.2 Å². The summed E-state index contributed by atoms with van der Waals surface area (Å²) in [7, 11) is 1.48. The molecule has 4 N–H and O–H groups in total. The summed E-state index contributed by atoms with van der Waals surface area (Å²) in [6, 6.07) is 8.30. The number of carbonyl (C=O) groups is 2. The Hall–Kier alpha value is -5.54. The number of fused-ring (bicyclic) bond motifs is 1. The normalized spacial score (nSPS) is 13.6. The summed E-state index contributed by atoms with van der Waals surface area (Å²) in [4.78, 5) is 40.9. The van der Waals surface area contributed by atoms with E-state index in [1.165, 1.54) is 25.4 Å². The number of methoxy groups -OCH3 is 1. The van der Waals surface area contributed by atoms with E-state index >= 15 is 4.39 Å². The largest absolute Gasteiger partial charge is 0.496 e. The smallest absolute Gasteiger partial charge is 0.324 e. The molecule has 3 aromatic heterocycles. The Balaban J connectivity index is 1.17. The number of anilines is 2. The summed E-state index contributed by atoms with van der Waals surface area (Å²) in [5, 5.41) is 12.9. The minimum Gasteiger partial charge on any atom is -0.496 e. The number of amides is 3. The van der Waals surface area contributed by atoms with E-state index in [4.69, 9.17) is 23.7 Å². The van der Waals surface area contributed by atoms with Crippen LogP contribution in [0.3, 0.4) is 0 Å². The average Bonchev–Trinajstić information content (AvgIpc) is 3.67. The maximum atomic E-state index is 15.5. The molecule has 2 aromatic carbocycles. The van der Waals surface area contributed by atoms with E-state index in [0.29, 0.717) is 82.9 Å². The molecule has 51 heavy (non-hydrogen) atoms. The fourth-order valence-corrected chi connectivity index (χ4v) is 5.71. The van der Waals surface area contributed by atoms with Gasteiger partial charge in [0, 0.05) is 61.0 Å². The first-order chi connectivity index (χ1) is 24.4. The van der Waals surface area contributed by atoms with Crippen molar-refractivity contribution in [3.05, 3.63) is 71.3 Å². The van der Waals surface area contributed by atoms with Crippen LogP contribution in [0.4, 0.5) is 20.7 Å². The first kappa shape index (κ1) is 35.3. The predicted molar refractivity (Wildman–Crippen MR) is 189 cm³/mol. The number of morpholine rings is 1. The molecule has 0 spiro atoms. The third-order valence-electron chi connectivity index (χ3n) is 8.42. The van der Waals surface area contributed by atoms with Gasteiger partial charge in [-0.1, -0.05) is 25.9 Å². The van der Waals surface area contributed by atoms with Crippen molar-refractivity contribution in [1.82, 2.24) is 30.3 Å². The number of benzene rings is 2. The predicted octanol–water partition coefficient (Wildman–Crippen LogP) is 6.17. The van der Waals surface area contributed by atoms with Gasteiger partial charge in [0.25, 0.3) is 5.91 Å². The standard InChI is InChI=1S/C36H41FN8O6/c1-20-30(21(2)51-44-20)31-32(42-34(41-31)36(3,4)5)43-35(47)40-22-7-8-28(25(37)17-22)50-27-9-10-38-26-19-29(48-6)24(18-23(26)27)33(46)39-11-12-45-13-15-49-16-14-45/h7-10,17-19H,11-16H2,1-6H3,(H,39,46)(H,41,42)(H2,40,43,47). The van der Waals surface area contributed by atoms with Crippen LogP contribution in [0.15, 0.2) is 47.1 Å². The van der Waals surface area contributed by atoms with Gasteiger partial charge in [-0.15, -0.1) is 0 Å². The van der Waals surface area contributed by atoms with Gasteiger partial charge in [-0.05, 0) is 38.1 Å². The molecule has 5 aromatic rings. The van der Waals surface area contributed by atoms with Crippen LogP contribution in [0.2, 0.25) is 0 Å². The molecule has 0 unspecified atom stereocenters. The maximum absolute atomic E-state index is 15.5. The number of hydrogen-bond donors (Lipinski definition) is 4. The Morgan fingerprint density at radius 2 is 1.82 bits per heavy atom. The Morgan fingerprint density at radius 3 is 2.51 bits per heavy atom. The number of aromatic amines is 1. The van der Waals surface area contributed by atoms with Crippen molar-refractivity contribution in [2.45, 2.75) is 40.0 Å². The van der Waals surface area contributed by atoms with E-state index in [1.807, 2.05) is 20.8 Å². The number of urea groups is 1. The number of ether oxygens (including phenoxy) is 3. The Bertz CT molecular complexity index is 2050. The fraction of sp³-hybridized carbons (Fsp3) is 0.361. The number of aromatic nitrogens is 4.